The van der Waals surface area contributed by atoms with Crippen LogP contribution in [-0.4, -0.2) is 24.0 Å². The third-order valence-electron chi connectivity index (χ3n) is 3.18. The van der Waals surface area contributed by atoms with E-state index in [1.807, 2.05) is 48.5 Å². The first-order chi connectivity index (χ1) is 11.2. The molecule has 9 heteroatoms. The molecule has 0 fully saturated rings. The number of anilines is 1. The summed E-state index contributed by atoms with van der Waals surface area (Å²) < 4.78 is 36.2. The molecule has 2 aromatic carbocycles. The summed E-state index contributed by atoms with van der Waals surface area (Å²) in [5.41, 5.74) is 2.31. The van der Waals surface area contributed by atoms with Crippen LogP contribution >= 0.6 is 23.2 Å². The molecule has 0 aromatic heterocycles. The Bertz CT molecular complexity index is 694. The summed E-state index contributed by atoms with van der Waals surface area (Å²) in [6, 6.07) is 15.8. The number of benzene rings is 2. The second-order valence-electron chi connectivity index (χ2n) is 4.83. The van der Waals surface area contributed by atoms with Crippen molar-refractivity contribution in [3.8, 4) is 0 Å². The van der Waals surface area contributed by atoms with E-state index in [4.69, 9.17) is 41.8 Å². The van der Waals surface area contributed by atoms with Crippen molar-refractivity contribution in [1.82, 2.24) is 0 Å². The van der Waals surface area contributed by atoms with Gasteiger partial charge < -0.3 is 0 Å². The number of hydrogen-bond donors (Lipinski definition) is 0. The quantitative estimate of drug-likeness (QED) is 0.639. The van der Waals surface area contributed by atoms with E-state index in [1.54, 1.807) is 0 Å². The van der Waals surface area contributed by atoms with E-state index < -0.39 is 10.2 Å². The van der Waals surface area contributed by atoms with Crippen molar-refractivity contribution < 1.29 is 33.5 Å². The zero-order chi connectivity index (χ0) is 17.7. The van der Waals surface area contributed by atoms with Gasteiger partial charge in [-0.25, -0.2) is 28.1 Å². The summed E-state index contributed by atoms with van der Waals surface area (Å²) >= 11 is 11.8. The van der Waals surface area contributed by atoms with Crippen molar-refractivity contribution >= 4 is 40.9 Å². The fraction of sp³-hybridized carbons (Fsp3) is 0.133. The molecule has 0 amide bonds. The van der Waals surface area contributed by atoms with Crippen LogP contribution in [0.1, 0.15) is 0 Å². The van der Waals surface area contributed by atoms with Gasteiger partial charge in [-0.2, -0.15) is 0 Å². The van der Waals surface area contributed by atoms with Gasteiger partial charge in [-0.15, -0.1) is 10.2 Å². The molecule has 0 aliphatic carbocycles. The van der Waals surface area contributed by atoms with Gasteiger partial charge in [0.15, 0.2) is 0 Å². The van der Waals surface area contributed by atoms with E-state index in [2.05, 4.69) is 15.8 Å². The summed E-state index contributed by atoms with van der Waals surface area (Å²) in [6.45, 7) is 1.93. The van der Waals surface area contributed by atoms with Crippen molar-refractivity contribution in [3.05, 3.63) is 58.6 Å². The van der Waals surface area contributed by atoms with Crippen LogP contribution in [0.2, 0.25) is 10.0 Å². The molecule has 1 aliphatic rings. The van der Waals surface area contributed by atoms with E-state index in [-0.39, 0.29) is 0 Å². The highest BCUT2D eigenvalue weighted by Gasteiger charge is 2.22. The molecule has 1 aliphatic heterocycles. The highest BCUT2D eigenvalue weighted by Crippen LogP contribution is 2.21. The molecule has 2 aromatic rings. The maximum absolute atomic E-state index is 8.49. The Balaban J connectivity index is 0.000000368. The summed E-state index contributed by atoms with van der Waals surface area (Å²) in [7, 11) is -4.94. The standard InChI is InChI=1S/C15H13Cl2N2.ClHO4/c16-12-1-5-14(6-2-12)18-9-10-19(11-18)15-7-3-13(17)4-8-15;2-1(3,4)5/h1-8,11H,9-10H2;(H,2,3,4,5)/q+1;/p-1. The van der Waals surface area contributed by atoms with Crippen LogP contribution in [-0.2, 0) is 0 Å². The molecular formula is C15H13Cl3N2O4. The first-order valence-electron chi connectivity index (χ1n) is 6.73. The van der Waals surface area contributed by atoms with Crippen molar-refractivity contribution in [2.75, 3.05) is 18.0 Å². The van der Waals surface area contributed by atoms with Crippen LogP contribution in [0.4, 0.5) is 11.4 Å². The molecule has 3 rings (SSSR count). The molecule has 0 atom stereocenters. The average molecular weight is 392 g/mol. The maximum Gasteiger partial charge on any atom is 0.244 e. The van der Waals surface area contributed by atoms with Crippen molar-refractivity contribution in [2.24, 2.45) is 0 Å². The highest BCUT2D eigenvalue weighted by atomic mass is 35.7. The van der Waals surface area contributed by atoms with Gasteiger partial charge in [-0.05, 0) is 48.5 Å². The Kier molecular flexibility index (Phi) is 6.42. The zero-order valence-corrected chi connectivity index (χ0v) is 14.5. The lowest BCUT2D eigenvalue weighted by molar-refractivity contribution is -2.00. The highest BCUT2D eigenvalue weighted by molar-refractivity contribution is 6.30. The van der Waals surface area contributed by atoms with Gasteiger partial charge in [0, 0.05) is 10.0 Å². The van der Waals surface area contributed by atoms with Crippen LogP contribution in [0.5, 0.6) is 0 Å². The van der Waals surface area contributed by atoms with Crippen molar-refractivity contribution in [1.29, 1.82) is 0 Å². The van der Waals surface area contributed by atoms with Gasteiger partial charge in [0.1, 0.15) is 24.5 Å². The van der Waals surface area contributed by atoms with Gasteiger partial charge in [0.05, 0.1) is 0 Å². The minimum absolute atomic E-state index is 0.762. The van der Waals surface area contributed by atoms with Gasteiger partial charge in [-0.3, -0.25) is 0 Å². The number of halogens is 3. The minimum atomic E-state index is -4.94. The largest absolute Gasteiger partial charge is 0.244 e. The summed E-state index contributed by atoms with van der Waals surface area (Å²) in [6.07, 6.45) is 2.12. The lowest BCUT2D eigenvalue weighted by Gasteiger charge is -2.17. The van der Waals surface area contributed by atoms with E-state index >= 15 is 0 Å². The SMILES string of the molecule is Clc1ccc(N2C=[N+](c3ccc(Cl)cc3)CC2)cc1.[O-][Cl+3]([O-])([O-])[O-]. The average Bonchev–Trinajstić information content (AvgIpc) is 2.97. The number of rotatable bonds is 2. The third kappa shape index (κ3) is 6.26. The van der Waals surface area contributed by atoms with Gasteiger partial charge >= 0.3 is 0 Å². The molecule has 6 nitrogen and oxygen atoms in total. The predicted octanol–water partition coefficient (Wildman–Crippen LogP) is -0.570. The van der Waals surface area contributed by atoms with Crippen molar-refractivity contribution in [3.63, 3.8) is 0 Å². The summed E-state index contributed by atoms with van der Waals surface area (Å²) in [5, 5.41) is 1.52. The Morgan fingerprint density at radius 2 is 1.29 bits per heavy atom. The number of nitrogens with zero attached hydrogens (tertiary/aromatic N) is 2. The zero-order valence-electron chi connectivity index (χ0n) is 12.3. The normalized spacial score (nSPS) is 14.1. The van der Waals surface area contributed by atoms with Crippen LogP contribution in [0, 0.1) is 10.2 Å². The molecule has 0 bridgehead atoms. The monoisotopic (exact) mass is 390 g/mol. The fourth-order valence-electron chi connectivity index (χ4n) is 2.16. The molecule has 24 heavy (non-hydrogen) atoms. The molecule has 0 radical (unpaired) electrons. The van der Waals surface area contributed by atoms with E-state index in [9.17, 15) is 0 Å². The van der Waals surface area contributed by atoms with E-state index in [0.717, 1.165) is 34.5 Å². The maximum atomic E-state index is 8.49. The van der Waals surface area contributed by atoms with Crippen molar-refractivity contribution in [2.45, 2.75) is 0 Å². The molecule has 0 spiro atoms. The van der Waals surface area contributed by atoms with Crippen LogP contribution in [0.25, 0.3) is 0 Å². The molecule has 1 heterocycles. The fourth-order valence-corrected chi connectivity index (χ4v) is 2.41. The second kappa shape index (κ2) is 8.13. The topological polar surface area (TPSA) is 98.5 Å². The Morgan fingerprint density at radius 3 is 1.79 bits per heavy atom. The van der Waals surface area contributed by atoms with E-state index in [1.165, 1.54) is 0 Å². The molecular weight excluding hydrogens is 379 g/mol. The number of hydrogen-bond acceptors (Lipinski definition) is 5. The smallest absolute Gasteiger partial charge is 0.230 e. The summed E-state index contributed by atoms with van der Waals surface area (Å²) in [5.74, 6) is 0. The minimum Gasteiger partial charge on any atom is -0.230 e. The van der Waals surface area contributed by atoms with Gasteiger partial charge in [-0.1, -0.05) is 23.2 Å². The molecule has 0 saturated carbocycles. The third-order valence-corrected chi connectivity index (χ3v) is 3.68. The summed E-state index contributed by atoms with van der Waals surface area (Å²) in [4.78, 5) is 2.21. The van der Waals surface area contributed by atoms with Gasteiger partial charge in [0.25, 0.3) is 0 Å². The van der Waals surface area contributed by atoms with Crippen LogP contribution in [0.15, 0.2) is 48.5 Å². The Morgan fingerprint density at radius 1 is 0.833 bits per heavy atom. The molecule has 128 valence electrons. The molecule has 0 N–H and O–H groups in total. The molecule has 0 unspecified atom stereocenters. The van der Waals surface area contributed by atoms with E-state index in [0.29, 0.717) is 0 Å². The lowest BCUT2D eigenvalue weighted by Crippen LogP contribution is -2.68. The van der Waals surface area contributed by atoms with Crippen LogP contribution in [0.3, 0.4) is 0 Å². The predicted molar refractivity (Wildman–Crippen MR) is 81.1 cm³/mol. The van der Waals surface area contributed by atoms with Gasteiger partial charge in [0.2, 0.25) is 6.34 Å². The Hall–Kier alpha value is -1.38. The lowest BCUT2D eigenvalue weighted by atomic mass is 10.3. The second-order valence-corrected chi connectivity index (χ2v) is 6.46. The Labute approximate surface area is 151 Å². The first kappa shape index (κ1) is 19.0. The first-order valence-corrected chi connectivity index (χ1v) is 8.72. The molecule has 0 saturated heterocycles. The van der Waals surface area contributed by atoms with Crippen LogP contribution < -0.4 is 23.5 Å².